The topological polar surface area (TPSA) is 31.0 Å². The highest BCUT2D eigenvalue weighted by Gasteiger charge is 2.44. The van der Waals surface area contributed by atoms with Gasteiger partial charge in [0.15, 0.2) is 5.79 Å². The monoisotopic (exact) mass is 242 g/mol. The highest BCUT2D eigenvalue weighted by Crippen LogP contribution is 2.41. The number of hydrogen-bond acceptors (Lipinski definition) is 3. The summed E-state index contributed by atoms with van der Waals surface area (Å²) in [5.41, 5.74) is 0. The van der Waals surface area contributed by atoms with Gasteiger partial charge in [0.05, 0.1) is 12.2 Å². The summed E-state index contributed by atoms with van der Waals surface area (Å²) in [4.78, 5) is 0. The fraction of sp³-hybridized carbons (Fsp3) is 1.00. The Hall–Kier alpha value is -0.120. The van der Waals surface area contributed by atoms with Gasteiger partial charge in [0.25, 0.3) is 0 Å². The number of ether oxygens (including phenoxy) is 3. The van der Waals surface area contributed by atoms with E-state index in [0.29, 0.717) is 12.2 Å². The third-order valence-corrected chi connectivity index (χ3v) is 4.02. The molecule has 1 aliphatic carbocycles. The lowest BCUT2D eigenvalue weighted by molar-refractivity contribution is -0.226. The van der Waals surface area contributed by atoms with Gasteiger partial charge in [-0.15, -0.1) is 0 Å². The predicted molar refractivity (Wildman–Crippen MR) is 66.9 cm³/mol. The van der Waals surface area contributed by atoms with Crippen molar-refractivity contribution in [1.82, 2.24) is 0 Å². The maximum absolute atomic E-state index is 5.74. The first-order chi connectivity index (χ1) is 8.17. The molecule has 17 heavy (non-hydrogen) atoms. The van der Waals surface area contributed by atoms with Crippen LogP contribution in [-0.4, -0.2) is 31.2 Å². The molecule has 0 N–H and O–H groups in total. The van der Waals surface area contributed by atoms with Gasteiger partial charge in [-0.25, -0.2) is 0 Å². The van der Waals surface area contributed by atoms with Gasteiger partial charge >= 0.3 is 0 Å². The Kier molecular flexibility index (Phi) is 4.45. The summed E-state index contributed by atoms with van der Waals surface area (Å²) in [5.74, 6) is 0.420. The van der Waals surface area contributed by atoms with E-state index in [0.717, 1.165) is 25.6 Å². The van der Waals surface area contributed by atoms with Crippen molar-refractivity contribution >= 4 is 0 Å². The van der Waals surface area contributed by atoms with Crippen molar-refractivity contribution in [2.45, 2.75) is 70.9 Å². The van der Waals surface area contributed by atoms with Gasteiger partial charge in [0.2, 0.25) is 0 Å². The maximum Gasteiger partial charge on any atom is 0.165 e. The largest absolute Gasteiger partial charge is 0.370 e. The molecule has 2 fully saturated rings. The summed E-state index contributed by atoms with van der Waals surface area (Å²) in [7, 11) is 0. The Bertz CT molecular complexity index is 236. The van der Waals surface area contributed by atoms with E-state index in [1.54, 1.807) is 0 Å². The zero-order valence-corrected chi connectivity index (χ0v) is 11.4. The molecule has 3 atom stereocenters. The Labute approximate surface area is 105 Å². The summed E-state index contributed by atoms with van der Waals surface area (Å²) >= 11 is 0. The van der Waals surface area contributed by atoms with Crippen molar-refractivity contribution in [1.29, 1.82) is 0 Å². The molecule has 2 aliphatic rings. The molecule has 1 heterocycles. The molecule has 2 rings (SSSR count). The molecule has 1 saturated carbocycles. The first-order valence-electron chi connectivity index (χ1n) is 7.10. The number of hydrogen-bond donors (Lipinski definition) is 0. The van der Waals surface area contributed by atoms with Gasteiger partial charge in [-0.1, -0.05) is 0 Å². The van der Waals surface area contributed by atoms with Crippen molar-refractivity contribution in [3.05, 3.63) is 0 Å². The van der Waals surface area contributed by atoms with Crippen LogP contribution in [0.15, 0.2) is 0 Å². The van der Waals surface area contributed by atoms with E-state index in [9.17, 15) is 0 Å². The molecule has 3 unspecified atom stereocenters. The minimum atomic E-state index is -0.384. The van der Waals surface area contributed by atoms with Crippen LogP contribution in [0.3, 0.4) is 0 Å². The van der Waals surface area contributed by atoms with E-state index in [-0.39, 0.29) is 5.79 Å². The van der Waals surface area contributed by atoms with Crippen LogP contribution in [0.25, 0.3) is 0 Å². The molecule has 0 aromatic rings. The van der Waals surface area contributed by atoms with Crippen molar-refractivity contribution in [2.75, 3.05) is 13.2 Å². The van der Waals surface area contributed by atoms with Crippen LogP contribution in [0.1, 0.15) is 52.9 Å². The molecule has 0 amide bonds. The predicted octanol–water partition coefficient (Wildman–Crippen LogP) is 3.12. The van der Waals surface area contributed by atoms with Crippen molar-refractivity contribution in [2.24, 2.45) is 5.92 Å². The Balaban J connectivity index is 1.73. The second-order valence-corrected chi connectivity index (χ2v) is 5.43. The fourth-order valence-corrected chi connectivity index (χ4v) is 3.01. The summed E-state index contributed by atoms with van der Waals surface area (Å²) < 4.78 is 17.1. The van der Waals surface area contributed by atoms with Gasteiger partial charge in [0.1, 0.15) is 0 Å². The molecule has 0 aromatic heterocycles. The number of epoxide rings is 1. The van der Waals surface area contributed by atoms with Gasteiger partial charge < -0.3 is 14.2 Å². The second-order valence-electron chi connectivity index (χ2n) is 5.43. The van der Waals surface area contributed by atoms with Crippen LogP contribution >= 0.6 is 0 Å². The molecule has 3 heteroatoms. The van der Waals surface area contributed by atoms with E-state index in [2.05, 4.69) is 6.92 Å². The summed E-state index contributed by atoms with van der Waals surface area (Å²) in [6, 6.07) is 0. The number of fused-ring (bicyclic) bond motifs is 1. The molecule has 100 valence electrons. The summed E-state index contributed by atoms with van der Waals surface area (Å²) in [5, 5.41) is 0. The summed E-state index contributed by atoms with van der Waals surface area (Å²) in [6.07, 6.45) is 7.21. The quantitative estimate of drug-likeness (QED) is 0.507. The smallest absolute Gasteiger partial charge is 0.165 e. The first kappa shape index (κ1) is 13.3. The van der Waals surface area contributed by atoms with E-state index in [1.807, 2.05) is 13.8 Å². The molecule has 0 aromatic carbocycles. The zero-order chi connectivity index (χ0) is 12.3. The second kappa shape index (κ2) is 5.68. The average molecular weight is 242 g/mol. The molecule has 0 spiro atoms. The van der Waals surface area contributed by atoms with Crippen LogP contribution in [0.2, 0.25) is 0 Å². The minimum Gasteiger partial charge on any atom is -0.370 e. The van der Waals surface area contributed by atoms with Crippen LogP contribution in [-0.2, 0) is 14.2 Å². The molecule has 1 saturated heterocycles. The van der Waals surface area contributed by atoms with Crippen LogP contribution < -0.4 is 0 Å². The minimum absolute atomic E-state index is 0.384. The van der Waals surface area contributed by atoms with E-state index in [4.69, 9.17) is 14.2 Å². The van der Waals surface area contributed by atoms with Crippen LogP contribution in [0.4, 0.5) is 0 Å². The molecular formula is C14H26O3. The standard InChI is InChI=1S/C14H26O3/c1-4-15-14(3,16-5-2)9-8-11-6-7-12-13(10-11)17-12/h11-13H,4-10H2,1-3H3. The Morgan fingerprint density at radius 2 is 1.82 bits per heavy atom. The van der Waals surface area contributed by atoms with Crippen molar-refractivity contribution in [3.8, 4) is 0 Å². The number of rotatable bonds is 7. The highest BCUT2D eigenvalue weighted by molar-refractivity contribution is 4.92. The third-order valence-electron chi connectivity index (χ3n) is 4.02. The van der Waals surface area contributed by atoms with Crippen molar-refractivity contribution in [3.63, 3.8) is 0 Å². The fourth-order valence-electron chi connectivity index (χ4n) is 3.01. The molecular weight excluding hydrogens is 216 g/mol. The lowest BCUT2D eigenvalue weighted by Gasteiger charge is -2.31. The van der Waals surface area contributed by atoms with Crippen LogP contribution in [0, 0.1) is 5.92 Å². The third kappa shape index (κ3) is 3.67. The zero-order valence-electron chi connectivity index (χ0n) is 11.4. The molecule has 0 bridgehead atoms. The lowest BCUT2D eigenvalue weighted by Crippen LogP contribution is -2.33. The normalized spacial score (nSPS) is 32.3. The van der Waals surface area contributed by atoms with Crippen LogP contribution in [0.5, 0.6) is 0 Å². The average Bonchev–Trinajstić information content (AvgIpc) is 3.05. The van der Waals surface area contributed by atoms with Gasteiger partial charge in [-0.05, 0) is 52.4 Å². The first-order valence-corrected chi connectivity index (χ1v) is 7.10. The molecule has 0 radical (unpaired) electrons. The van der Waals surface area contributed by atoms with Crippen molar-refractivity contribution < 1.29 is 14.2 Å². The molecule has 1 aliphatic heterocycles. The Morgan fingerprint density at radius 1 is 1.12 bits per heavy atom. The highest BCUT2D eigenvalue weighted by atomic mass is 16.7. The van der Waals surface area contributed by atoms with E-state index < -0.39 is 0 Å². The van der Waals surface area contributed by atoms with E-state index >= 15 is 0 Å². The summed E-state index contributed by atoms with van der Waals surface area (Å²) in [6.45, 7) is 7.56. The van der Waals surface area contributed by atoms with Gasteiger partial charge in [-0.3, -0.25) is 0 Å². The molecule has 3 nitrogen and oxygen atoms in total. The van der Waals surface area contributed by atoms with Gasteiger partial charge in [0, 0.05) is 19.6 Å². The SMILES string of the molecule is CCOC(C)(CCC1CCC2OC2C1)OCC. The maximum atomic E-state index is 5.74. The Morgan fingerprint density at radius 3 is 2.41 bits per heavy atom. The van der Waals surface area contributed by atoms with E-state index in [1.165, 1.54) is 25.7 Å². The lowest BCUT2D eigenvalue weighted by atomic mass is 9.85. The van der Waals surface area contributed by atoms with Gasteiger partial charge in [-0.2, -0.15) is 0 Å².